The minimum Gasteiger partial charge on any atom is -0.481 e. The summed E-state index contributed by atoms with van der Waals surface area (Å²) in [6.45, 7) is 3.07. The van der Waals surface area contributed by atoms with Crippen molar-refractivity contribution in [3.63, 3.8) is 0 Å². The second-order valence-corrected chi connectivity index (χ2v) is 5.26. The maximum Gasteiger partial charge on any atom is 0.344 e. The number of hydrogen-bond acceptors (Lipinski definition) is 5. The van der Waals surface area contributed by atoms with Crippen LogP contribution in [0.25, 0.3) is 0 Å². The van der Waals surface area contributed by atoms with Crippen molar-refractivity contribution in [2.75, 3.05) is 6.61 Å². The summed E-state index contributed by atoms with van der Waals surface area (Å²) in [6.07, 6.45) is -0.907. The van der Waals surface area contributed by atoms with E-state index >= 15 is 0 Å². The van der Waals surface area contributed by atoms with Gasteiger partial charge in [-0.15, -0.1) is 0 Å². The van der Waals surface area contributed by atoms with Crippen LogP contribution in [0.15, 0.2) is 48.5 Å². The van der Waals surface area contributed by atoms with Crippen molar-refractivity contribution < 1.29 is 19.1 Å². The van der Waals surface area contributed by atoms with Crippen LogP contribution in [0.4, 0.5) is 0 Å². The number of carbonyl (C=O) groups excluding carboxylic acids is 2. The molecule has 1 atom stereocenters. The molecule has 0 radical (unpaired) electrons. The van der Waals surface area contributed by atoms with Gasteiger partial charge < -0.3 is 9.47 Å². The highest BCUT2D eigenvalue weighted by Crippen LogP contribution is 2.16. The van der Waals surface area contributed by atoms with Gasteiger partial charge in [0.1, 0.15) is 11.8 Å². The number of aryl methyl sites for hydroxylation is 1. The molecule has 122 valence electrons. The molecule has 2 aromatic rings. The summed E-state index contributed by atoms with van der Waals surface area (Å²) in [5, 5.41) is 8.96. The molecule has 5 heteroatoms. The lowest BCUT2D eigenvalue weighted by atomic mass is 10.1. The summed E-state index contributed by atoms with van der Waals surface area (Å²) in [5.74, 6) is -0.647. The van der Waals surface area contributed by atoms with Crippen molar-refractivity contribution in [3.8, 4) is 11.8 Å². The number of Topliss-reactive ketones (excluding diaryl/α,β-unsaturated/α-hetero) is 1. The van der Waals surface area contributed by atoms with Gasteiger partial charge in [0.15, 0.2) is 12.7 Å². The molecule has 0 spiro atoms. The van der Waals surface area contributed by atoms with Crippen LogP contribution in [0.5, 0.6) is 5.75 Å². The Morgan fingerprint density at radius 1 is 1.12 bits per heavy atom. The average Bonchev–Trinajstić information content (AvgIpc) is 2.60. The molecular formula is C19H17NO4. The molecule has 5 nitrogen and oxygen atoms in total. The highest BCUT2D eigenvalue weighted by molar-refractivity contribution is 6.00. The number of hydrogen-bond donors (Lipinski definition) is 0. The van der Waals surface area contributed by atoms with Crippen molar-refractivity contribution in [1.29, 1.82) is 5.26 Å². The van der Waals surface area contributed by atoms with Crippen molar-refractivity contribution in [2.45, 2.75) is 20.0 Å². The predicted octanol–water partition coefficient (Wildman–Crippen LogP) is 3.06. The fraction of sp³-hybridized carbons (Fsp3) is 0.211. The predicted molar refractivity (Wildman–Crippen MR) is 87.7 cm³/mol. The quantitative estimate of drug-likeness (QED) is 0.603. The van der Waals surface area contributed by atoms with E-state index in [0.29, 0.717) is 16.9 Å². The summed E-state index contributed by atoms with van der Waals surface area (Å²) in [7, 11) is 0. The molecule has 0 amide bonds. The highest BCUT2D eigenvalue weighted by atomic mass is 16.6. The Balaban J connectivity index is 1.91. The smallest absolute Gasteiger partial charge is 0.344 e. The van der Waals surface area contributed by atoms with Crippen LogP contribution in [0.1, 0.15) is 28.4 Å². The average molecular weight is 323 g/mol. The lowest BCUT2D eigenvalue weighted by Gasteiger charge is -2.13. The van der Waals surface area contributed by atoms with E-state index < -0.39 is 12.1 Å². The van der Waals surface area contributed by atoms with Crippen LogP contribution in [-0.2, 0) is 9.53 Å². The zero-order valence-electron chi connectivity index (χ0n) is 13.5. The second-order valence-electron chi connectivity index (χ2n) is 5.26. The third-order valence-electron chi connectivity index (χ3n) is 3.37. The maximum atomic E-state index is 12.2. The fourth-order valence-electron chi connectivity index (χ4n) is 2.06. The Morgan fingerprint density at radius 3 is 2.46 bits per heavy atom. The Bertz CT molecular complexity index is 775. The molecule has 0 saturated heterocycles. The minimum atomic E-state index is -0.907. The van der Waals surface area contributed by atoms with Crippen LogP contribution < -0.4 is 4.74 Å². The molecular weight excluding hydrogens is 306 g/mol. The van der Waals surface area contributed by atoms with Crippen molar-refractivity contribution in [1.82, 2.24) is 0 Å². The fourth-order valence-corrected chi connectivity index (χ4v) is 2.06. The largest absolute Gasteiger partial charge is 0.481 e. The van der Waals surface area contributed by atoms with Gasteiger partial charge in [-0.3, -0.25) is 4.79 Å². The summed E-state index contributed by atoms with van der Waals surface area (Å²) in [4.78, 5) is 24.0. The summed E-state index contributed by atoms with van der Waals surface area (Å²) in [6, 6.07) is 15.6. The monoisotopic (exact) mass is 323 g/mol. The van der Waals surface area contributed by atoms with Crippen LogP contribution in [-0.4, -0.2) is 24.5 Å². The molecule has 0 aromatic heterocycles. The zero-order valence-corrected chi connectivity index (χ0v) is 13.5. The molecule has 0 aliphatic rings. The van der Waals surface area contributed by atoms with Crippen LogP contribution in [0.2, 0.25) is 0 Å². The van der Waals surface area contributed by atoms with Crippen molar-refractivity contribution in [2.24, 2.45) is 0 Å². The van der Waals surface area contributed by atoms with Crippen molar-refractivity contribution in [3.05, 3.63) is 65.2 Å². The van der Waals surface area contributed by atoms with E-state index in [9.17, 15) is 9.59 Å². The Kier molecular flexibility index (Phi) is 5.69. The van der Waals surface area contributed by atoms with Crippen molar-refractivity contribution >= 4 is 11.8 Å². The summed E-state index contributed by atoms with van der Waals surface area (Å²) >= 11 is 0. The highest BCUT2D eigenvalue weighted by Gasteiger charge is 2.20. The lowest BCUT2D eigenvalue weighted by molar-refractivity contribution is -0.148. The molecule has 0 aliphatic heterocycles. The summed E-state index contributed by atoms with van der Waals surface area (Å²) < 4.78 is 10.4. The SMILES string of the molecule is Cc1ccc(C(=O)[C@H](C)OC(=O)COc2ccccc2C#N)cc1. The number of carbonyl (C=O) groups is 2. The molecule has 0 fully saturated rings. The molecule has 0 heterocycles. The first-order valence-electron chi connectivity index (χ1n) is 7.43. The van der Waals surface area contributed by atoms with E-state index in [4.69, 9.17) is 14.7 Å². The molecule has 0 N–H and O–H groups in total. The topological polar surface area (TPSA) is 76.4 Å². The van der Waals surface area contributed by atoms with Gasteiger partial charge in [-0.2, -0.15) is 5.26 Å². The van der Waals surface area contributed by atoms with Crippen LogP contribution >= 0.6 is 0 Å². The summed E-state index contributed by atoms with van der Waals surface area (Å²) in [5.41, 5.74) is 1.85. The third kappa shape index (κ3) is 4.43. The first kappa shape index (κ1) is 17.2. The zero-order chi connectivity index (χ0) is 17.5. The number of ether oxygens (including phenoxy) is 2. The first-order chi connectivity index (χ1) is 11.5. The van der Waals surface area contributed by atoms with Gasteiger partial charge in [0.2, 0.25) is 5.78 Å². The molecule has 0 saturated carbocycles. The number of esters is 1. The molecule has 2 rings (SSSR count). The minimum absolute atomic E-state index is 0.277. The van der Waals surface area contributed by atoms with Crippen LogP contribution in [0, 0.1) is 18.3 Å². The molecule has 0 unspecified atom stereocenters. The Hall–Kier alpha value is -3.13. The molecule has 24 heavy (non-hydrogen) atoms. The van der Waals surface area contributed by atoms with E-state index in [1.54, 1.807) is 36.4 Å². The van der Waals surface area contributed by atoms with Gasteiger partial charge in [0, 0.05) is 5.56 Å². The molecule has 0 bridgehead atoms. The lowest BCUT2D eigenvalue weighted by Crippen LogP contribution is -2.27. The number of benzene rings is 2. The number of nitrogens with zero attached hydrogens (tertiary/aromatic N) is 1. The van der Waals surface area contributed by atoms with Gasteiger partial charge in [-0.1, -0.05) is 42.0 Å². The second kappa shape index (κ2) is 7.93. The van der Waals surface area contributed by atoms with E-state index in [2.05, 4.69) is 0 Å². The van der Waals surface area contributed by atoms with Gasteiger partial charge >= 0.3 is 5.97 Å². The third-order valence-corrected chi connectivity index (χ3v) is 3.37. The number of nitriles is 1. The van der Waals surface area contributed by atoms with E-state index in [-0.39, 0.29) is 12.4 Å². The van der Waals surface area contributed by atoms with Gasteiger partial charge in [0.25, 0.3) is 0 Å². The molecule has 0 aliphatic carbocycles. The normalized spacial score (nSPS) is 11.2. The maximum absolute atomic E-state index is 12.2. The number of para-hydroxylation sites is 1. The van der Waals surface area contributed by atoms with E-state index in [1.165, 1.54) is 6.92 Å². The van der Waals surface area contributed by atoms with Gasteiger partial charge in [0.05, 0.1) is 5.56 Å². The number of rotatable bonds is 6. The van der Waals surface area contributed by atoms with E-state index in [0.717, 1.165) is 5.56 Å². The number of ketones is 1. The van der Waals surface area contributed by atoms with E-state index in [1.807, 2.05) is 25.1 Å². The van der Waals surface area contributed by atoms with Gasteiger partial charge in [-0.05, 0) is 26.0 Å². The molecule has 2 aromatic carbocycles. The Labute approximate surface area is 140 Å². The van der Waals surface area contributed by atoms with Gasteiger partial charge in [-0.25, -0.2) is 4.79 Å². The van der Waals surface area contributed by atoms with Crippen LogP contribution in [0.3, 0.4) is 0 Å². The first-order valence-corrected chi connectivity index (χ1v) is 7.43. The standard InChI is InChI=1S/C19H17NO4/c1-13-7-9-15(10-8-13)19(22)14(2)24-18(21)12-23-17-6-4-3-5-16(17)11-20/h3-10,14H,12H2,1-2H3/t14-/m0/s1. The Morgan fingerprint density at radius 2 is 1.79 bits per heavy atom.